The molecule has 0 aromatic carbocycles. The lowest BCUT2D eigenvalue weighted by molar-refractivity contribution is -0.147. The predicted octanol–water partition coefficient (Wildman–Crippen LogP) is 2.69. The second-order valence-electron chi connectivity index (χ2n) is 7.69. The summed E-state index contributed by atoms with van der Waals surface area (Å²) in [5.41, 5.74) is -1.05. The number of rotatable bonds is 9. The molecule has 4 N–H and O–H groups in total. The SMILES string of the molecule is O=C(CCCCCNC(=O)NC1CCCCC1)NC1(C(=O)O)CCCC1. The molecule has 0 radical (unpaired) electrons. The lowest BCUT2D eigenvalue weighted by Gasteiger charge is -2.25. The number of carboxylic acids is 1. The topological polar surface area (TPSA) is 108 Å². The Labute approximate surface area is 155 Å². The third-order valence-electron chi connectivity index (χ3n) is 5.55. The number of aliphatic carboxylic acids is 1. The maximum Gasteiger partial charge on any atom is 0.329 e. The molecule has 2 rings (SSSR count). The summed E-state index contributed by atoms with van der Waals surface area (Å²) in [6.45, 7) is 0.596. The minimum Gasteiger partial charge on any atom is -0.480 e. The van der Waals surface area contributed by atoms with Gasteiger partial charge in [-0.15, -0.1) is 0 Å². The Hall–Kier alpha value is -1.79. The summed E-state index contributed by atoms with van der Waals surface area (Å²) in [5.74, 6) is -1.10. The lowest BCUT2D eigenvalue weighted by Crippen LogP contribution is -2.52. The van der Waals surface area contributed by atoms with Gasteiger partial charge in [0.25, 0.3) is 0 Å². The molecule has 7 nitrogen and oxygen atoms in total. The van der Waals surface area contributed by atoms with Gasteiger partial charge in [-0.3, -0.25) is 4.79 Å². The van der Waals surface area contributed by atoms with Gasteiger partial charge in [-0.05, 0) is 38.5 Å². The highest BCUT2D eigenvalue weighted by Gasteiger charge is 2.42. The molecule has 0 spiro atoms. The fourth-order valence-electron chi connectivity index (χ4n) is 3.97. The van der Waals surface area contributed by atoms with Gasteiger partial charge in [0.2, 0.25) is 5.91 Å². The summed E-state index contributed by atoms with van der Waals surface area (Å²) < 4.78 is 0. The summed E-state index contributed by atoms with van der Waals surface area (Å²) in [5, 5.41) is 18.0. The summed E-state index contributed by atoms with van der Waals surface area (Å²) >= 11 is 0. The molecule has 0 heterocycles. The molecule has 7 heteroatoms. The zero-order valence-electron chi connectivity index (χ0n) is 15.6. The molecular formula is C19H33N3O4. The van der Waals surface area contributed by atoms with Gasteiger partial charge in [0.1, 0.15) is 5.54 Å². The average molecular weight is 367 g/mol. The largest absolute Gasteiger partial charge is 0.480 e. The number of unbranched alkanes of at least 4 members (excludes halogenated alkanes) is 2. The van der Waals surface area contributed by atoms with Gasteiger partial charge in [0, 0.05) is 19.0 Å². The Balaban J connectivity index is 1.51. The molecule has 0 saturated heterocycles. The Morgan fingerprint density at radius 2 is 1.62 bits per heavy atom. The molecule has 148 valence electrons. The molecule has 0 atom stereocenters. The number of hydrogen-bond donors (Lipinski definition) is 4. The Kier molecular flexibility index (Phi) is 8.19. The highest BCUT2D eigenvalue weighted by Crippen LogP contribution is 2.30. The standard InChI is InChI=1S/C19H33N3O4/c23-16(22-19(17(24)25)12-6-7-13-19)11-5-2-8-14-20-18(26)21-15-9-3-1-4-10-15/h15H,1-14H2,(H,22,23)(H,24,25)(H2,20,21,26). The number of nitrogens with one attached hydrogen (secondary N) is 3. The number of hydrogen-bond acceptors (Lipinski definition) is 3. The highest BCUT2D eigenvalue weighted by molar-refractivity contribution is 5.87. The first-order chi connectivity index (χ1) is 12.5. The van der Waals surface area contributed by atoms with E-state index in [0.717, 1.165) is 38.5 Å². The van der Waals surface area contributed by atoms with Gasteiger partial charge in [0.15, 0.2) is 0 Å². The molecule has 2 aliphatic rings. The lowest BCUT2D eigenvalue weighted by atomic mass is 9.96. The van der Waals surface area contributed by atoms with Crippen LogP contribution >= 0.6 is 0 Å². The first-order valence-electron chi connectivity index (χ1n) is 10.1. The van der Waals surface area contributed by atoms with Crippen LogP contribution in [-0.4, -0.2) is 41.1 Å². The van der Waals surface area contributed by atoms with Crippen molar-refractivity contribution >= 4 is 17.9 Å². The van der Waals surface area contributed by atoms with Crippen molar-refractivity contribution in [1.29, 1.82) is 0 Å². The van der Waals surface area contributed by atoms with Gasteiger partial charge in [-0.25, -0.2) is 9.59 Å². The second kappa shape index (κ2) is 10.4. The fraction of sp³-hybridized carbons (Fsp3) is 0.842. The van der Waals surface area contributed by atoms with E-state index in [1.54, 1.807) is 0 Å². The van der Waals surface area contributed by atoms with E-state index in [1.165, 1.54) is 19.3 Å². The van der Waals surface area contributed by atoms with Gasteiger partial charge in [-0.1, -0.05) is 38.5 Å². The van der Waals surface area contributed by atoms with Crippen molar-refractivity contribution in [3.8, 4) is 0 Å². The molecule has 0 aromatic heterocycles. The number of carboxylic acid groups (broad SMARTS) is 1. The molecule has 0 unspecified atom stereocenters. The van der Waals surface area contributed by atoms with Crippen molar-refractivity contribution in [3.63, 3.8) is 0 Å². The first kappa shape index (κ1) is 20.5. The zero-order chi connectivity index (χ0) is 18.8. The van der Waals surface area contributed by atoms with Crippen LogP contribution in [0.2, 0.25) is 0 Å². The molecule has 0 aromatic rings. The maximum atomic E-state index is 12.0. The molecular weight excluding hydrogens is 334 g/mol. The minimum absolute atomic E-state index is 0.0979. The van der Waals surface area contributed by atoms with E-state index in [9.17, 15) is 19.5 Å². The van der Waals surface area contributed by atoms with Gasteiger partial charge in [-0.2, -0.15) is 0 Å². The van der Waals surface area contributed by atoms with Crippen molar-refractivity contribution < 1.29 is 19.5 Å². The quantitative estimate of drug-likeness (QED) is 0.470. The van der Waals surface area contributed by atoms with Crippen molar-refractivity contribution in [1.82, 2.24) is 16.0 Å². The fourth-order valence-corrected chi connectivity index (χ4v) is 3.97. The number of amides is 3. The highest BCUT2D eigenvalue weighted by atomic mass is 16.4. The van der Waals surface area contributed by atoms with Crippen LogP contribution in [0.5, 0.6) is 0 Å². The van der Waals surface area contributed by atoms with Crippen LogP contribution in [0, 0.1) is 0 Å². The molecule has 26 heavy (non-hydrogen) atoms. The Bertz CT molecular complexity index is 483. The van der Waals surface area contributed by atoms with Gasteiger partial charge in [0.05, 0.1) is 0 Å². The third kappa shape index (κ3) is 6.50. The third-order valence-corrected chi connectivity index (χ3v) is 5.55. The normalized spacial score (nSPS) is 19.7. The van der Waals surface area contributed by atoms with Crippen molar-refractivity contribution in [2.45, 2.75) is 95.1 Å². The molecule has 0 bridgehead atoms. The van der Waals surface area contributed by atoms with E-state index < -0.39 is 11.5 Å². The Morgan fingerprint density at radius 3 is 2.27 bits per heavy atom. The average Bonchev–Trinajstić information content (AvgIpc) is 3.08. The van der Waals surface area contributed by atoms with Crippen LogP contribution in [0.4, 0.5) is 4.79 Å². The number of urea groups is 1. The van der Waals surface area contributed by atoms with Crippen LogP contribution in [0.15, 0.2) is 0 Å². The first-order valence-corrected chi connectivity index (χ1v) is 10.1. The van der Waals surface area contributed by atoms with Crippen molar-refractivity contribution in [3.05, 3.63) is 0 Å². The summed E-state index contributed by atoms with van der Waals surface area (Å²) in [4.78, 5) is 35.2. The van der Waals surface area contributed by atoms with Crippen LogP contribution in [0.3, 0.4) is 0 Å². The van der Waals surface area contributed by atoms with E-state index in [0.29, 0.717) is 38.3 Å². The van der Waals surface area contributed by atoms with Gasteiger partial charge < -0.3 is 21.1 Å². The zero-order valence-corrected chi connectivity index (χ0v) is 15.6. The van der Waals surface area contributed by atoms with Gasteiger partial charge >= 0.3 is 12.0 Å². The predicted molar refractivity (Wildman–Crippen MR) is 98.9 cm³/mol. The minimum atomic E-state index is -1.05. The second-order valence-corrected chi connectivity index (χ2v) is 7.69. The van der Waals surface area contributed by atoms with E-state index in [1.807, 2.05) is 0 Å². The van der Waals surface area contributed by atoms with Crippen LogP contribution in [0.1, 0.15) is 83.5 Å². The summed E-state index contributed by atoms with van der Waals surface area (Å²) in [6.07, 6.45) is 11.2. The summed E-state index contributed by atoms with van der Waals surface area (Å²) in [7, 11) is 0. The maximum absolute atomic E-state index is 12.0. The van der Waals surface area contributed by atoms with E-state index >= 15 is 0 Å². The van der Waals surface area contributed by atoms with Crippen LogP contribution < -0.4 is 16.0 Å². The van der Waals surface area contributed by atoms with Crippen molar-refractivity contribution in [2.24, 2.45) is 0 Å². The van der Waals surface area contributed by atoms with Crippen molar-refractivity contribution in [2.75, 3.05) is 6.54 Å². The number of carbonyl (C=O) groups excluding carboxylic acids is 2. The van der Waals surface area contributed by atoms with E-state index in [-0.39, 0.29) is 11.9 Å². The monoisotopic (exact) mass is 367 g/mol. The summed E-state index contributed by atoms with van der Waals surface area (Å²) in [6, 6.07) is 0.212. The molecule has 2 saturated carbocycles. The molecule has 3 amide bonds. The van der Waals surface area contributed by atoms with Crippen LogP contribution in [-0.2, 0) is 9.59 Å². The van der Waals surface area contributed by atoms with Crippen LogP contribution in [0.25, 0.3) is 0 Å². The molecule has 2 aliphatic carbocycles. The Morgan fingerprint density at radius 1 is 0.923 bits per heavy atom. The van der Waals surface area contributed by atoms with E-state index in [4.69, 9.17) is 0 Å². The molecule has 2 fully saturated rings. The molecule has 0 aliphatic heterocycles. The smallest absolute Gasteiger partial charge is 0.329 e. The number of carbonyl (C=O) groups is 3. The van der Waals surface area contributed by atoms with E-state index in [2.05, 4.69) is 16.0 Å².